The molecule has 0 saturated carbocycles. The monoisotopic (exact) mass is 240 g/mol. The topological polar surface area (TPSA) is 36.7 Å². The maximum atomic E-state index is 9.00. The zero-order valence-electron chi connectivity index (χ0n) is 9.50. The van der Waals surface area contributed by atoms with E-state index in [0.29, 0.717) is 5.56 Å². The molecule has 1 heterocycles. The number of aromatic nitrogens is 1. The second-order valence-electron chi connectivity index (χ2n) is 3.64. The third-order valence-electron chi connectivity index (χ3n) is 2.45. The molecule has 17 heavy (non-hydrogen) atoms. The maximum absolute atomic E-state index is 9.00. The first kappa shape index (κ1) is 11.7. The zero-order valence-corrected chi connectivity index (χ0v) is 10.3. The van der Waals surface area contributed by atoms with Gasteiger partial charge in [0, 0.05) is 11.4 Å². The molecule has 0 aliphatic rings. The van der Waals surface area contributed by atoms with Crippen molar-refractivity contribution in [2.75, 3.05) is 0 Å². The van der Waals surface area contributed by atoms with E-state index in [1.54, 1.807) is 30.1 Å². The minimum absolute atomic E-state index is 0.290. The fourth-order valence-electron chi connectivity index (χ4n) is 1.53. The fraction of sp³-hybridized carbons (Fsp3) is 0.143. The predicted molar refractivity (Wildman–Crippen MR) is 69.7 cm³/mol. The van der Waals surface area contributed by atoms with Crippen molar-refractivity contribution in [2.45, 2.75) is 17.2 Å². The number of nitriles is 1. The SMILES string of the molecule is C[C@@H](Sc1ncccc1C#N)c1ccccc1. The highest BCUT2D eigenvalue weighted by molar-refractivity contribution is 7.99. The van der Waals surface area contributed by atoms with Crippen LogP contribution < -0.4 is 0 Å². The Hall–Kier alpha value is -1.79. The summed E-state index contributed by atoms with van der Waals surface area (Å²) in [7, 11) is 0. The van der Waals surface area contributed by atoms with Crippen molar-refractivity contribution in [3.8, 4) is 6.07 Å². The van der Waals surface area contributed by atoms with Crippen molar-refractivity contribution in [1.82, 2.24) is 4.98 Å². The van der Waals surface area contributed by atoms with Crippen LogP contribution in [0, 0.1) is 11.3 Å². The van der Waals surface area contributed by atoms with E-state index in [9.17, 15) is 0 Å². The van der Waals surface area contributed by atoms with Crippen molar-refractivity contribution in [1.29, 1.82) is 5.26 Å². The van der Waals surface area contributed by atoms with Gasteiger partial charge < -0.3 is 0 Å². The molecule has 0 spiro atoms. The molecule has 0 radical (unpaired) electrons. The summed E-state index contributed by atoms with van der Waals surface area (Å²) in [5.41, 5.74) is 1.88. The quantitative estimate of drug-likeness (QED) is 0.765. The molecule has 0 amide bonds. The Morgan fingerprint density at radius 1 is 1.18 bits per heavy atom. The number of hydrogen-bond donors (Lipinski definition) is 0. The molecular weight excluding hydrogens is 228 g/mol. The lowest BCUT2D eigenvalue weighted by atomic mass is 10.2. The Labute approximate surface area is 105 Å². The lowest BCUT2D eigenvalue weighted by Crippen LogP contribution is -1.91. The third-order valence-corrected chi connectivity index (χ3v) is 3.62. The molecule has 0 aliphatic heterocycles. The lowest BCUT2D eigenvalue weighted by molar-refractivity contribution is 1.05. The molecule has 2 nitrogen and oxygen atoms in total. The van der Waals surface area contributed by atoms with Gasteiger partial charge in [0.05, 0.1) is 5.56 Å². The highest BCUT2D eigenvalue weighted by Gasteiger charge is 2.10. The van der Waals surface area contributed by atoms with Crippen LogP contribution in [0.15, 0.2) is 53.7 Å². The highest BCUT2D eigenvalue weighted by atomic mass is 32.2. The maximum Gasteiger partial charge on any atom is 0.114 e. The van der Waals surface area contributed by atoms with Gasteiger partial charge in [-0.05, 0) is 24.6 Å². The van der Waals surface area contributed by atoms with Crippen LogP contribution in [-0.2, 0) is 0 Å². The molecule has 1 aromatic heterocycles. The second-order valence-corrected chi connectivity index (χ2v) is 4.97. The van der Waals surface area contributed by atoms with Crippen LogP contribution in [0.3, 0.4) is 0 Å². The van der Waals surface area contributed by atoms with Gasteiger partial charge >= 0.3 is 0 Å². The first-order chi connectivity index (χ1) is 8.31. The fourth-order valence-corrected chi connectivity index (χ4v) is 2.52. The number of thioether (sulfide) groups is 1. The molecule has 1 atom stereocenters. The van der Waals surface area contributed by atoms with Gasteiger partial charge in [-0.1, -0.05) is 42.1 Å². The van der Waals surface area contributed by atoms with E-state index >= 15 is 0 Å². The van der Waals surface area contributed by atoms with E-state index in [1.165, 1.54) is 5.56 Å². The van der Waals surface area contributed by atoms with Crippen LogP contribution in [0.1, 0.15) is 23.3 Å². The Kier molecular flexibility index (Phi) is 3.79. The first-order valence-electron chi connectivity index (χ1n) is 5.38. The smallest absolute Gasteiger partial charge is 0.114 e. The van der Waals surface area contributed by atoms with Gasteiger partial charge in [0.15, 0.2) is 0 Å². The second kappa shape index (κ2) is 5.51. The molecule has 2 aromatic rings. The van der Waals surface area contributed by atoms with E-state index in [1.807, 2.05) is 18.2 Å². The van der Waals surface area contributed by atoms with Gasteiger partial charge in [-0.15, -0.1) is 0 Å². The molecule has 3 heteroatoms. The van der Waals surface area contributed by atoms with Crippen molar-refractivity contribution < 1.29 is 0 Å². The molecule has 84 valence electrons. The number of hydrogen-bond acceptors (Lipinski definition) is 3. The van der Waals surface area contributed by atoms with Crippen LogP contribution in [0.2, 0.25) is 0 Å². The van der Waals surface area contributed by atoms with Crippen LogP contribution in [0.5, 0.6) is 0 Å². The Morgan fingerprint density at radius 3 is 2.65 bits per heavy atom. The largest absolute Gasteiger partial charge is 0.249 e. The average molecular weight is 240 g/mol. The zero-order chi connectivity index (χ0) is 12.1. The summed E-state index contributed by atoms with van der Waals surface area (Å²) in [5.74, 6) is 0. The van der Waals surface area contributed by atoms with Crippen molar-refractivity contribution in [3.05, 3.63) is 59.8 Å². The number of nitrogens with zero attached hydrogens (tertiary/aromatic N) is 2. The van der Waals surface area contributed by atoms with E-state index in [4.69, 9.17) is 5.26 Å². The highest BCUT2D eigenvalue weighted by Crippen LogP contribution is 2.34. The summed E-state index contributed by atoms with van der Waals surface area (Å²) in [4.78, 5) is 4.26. The van der Waals surface area contributed by atoms with Crippen LogP contribution in [0.4, 0.5) is 0 Å². The summed E-state index contributed by atoms with van der Waals surface area (Å²) < 4.78 is 0. The lowest BCUT2D eigenvalue weighted by Gasteiger charge is -2.11. The normalized spacial score (nSPS) is 11.8. The van der Waals surface area contributed by atoms with Gasteiger partial charge in [-0.2, -0.15) is 5.26 Å². The van der Waals surface area contributed by atoms with Gasteiger partial charge in [-0.25, -0.2) is 4.98 Å². The number of pyridine rings is 1. The summed E-state index contributed by atoms with van der Waals surface area (Å²) in [6.07, 6.45) is 1.72. The summed E-state index contributed by atoms with van der Waals surface area (Å²) >= 11 is 1.61. The minimum atomic E-state index is 0.290. The van der Waals surface area contributed by atoms with E-state index in [0.717, 1.165) is 5.03 Å². The number of rotatable bonds is 3. The molecule has 0 N–H and O–H groups in total. The van der Waals surface area contributed by atoms with E-state index in [2.05, 4.69) is 30.1 Å². The molecule has 0 unspecified atom stereocenters. The Bertz CT molecular complexity index is 531. The molecular formula is C14H12N2S. The van der Waals surface area contributed by atoms with Crippen LogP contribution in [-0.4, -0.2) is 4.98 Å². The van der Waals surface area contributed by atoms with E-state index in [-0.39, 0.29) is 5.25 Å². The van der Waals surface area contributed by atoms with E-state index < -0.39 is 0 Å². The van der Waals surface area contributed by atoms with Crippen molar-refractivity contribution in [3.63, 3.8) is 0 Å². The molecule has 0 aliphatic carbocycles. The Morgan fingerprint density at radius 2 is 1.94 bits per heavy atom. The van der Waals surface area contributed by atoms with Crippen LogP contribution in [0.25, 0.3) is 0 Å². The molecule has 2 rings (SSSR count). The van der Waals surface area contributed by atoms with Crippen LogP contribution >= 0.6 is 11.8 Å². The van der Waals surface area contributed by atoms with Gasteiger partial charge in [0.2, 0.25) is 0 Å². The van der Waals surface area contributed by atoms with Crippen molar-refractivity contribution in [2.24, 2.45) is 0 Å². The molecule has 0 saturated heterocycles. The molecule has 1 aromatic carbocycles. The summed E-state index contributed by atoms with van der Waals surface area (Å²) in [6, 6.07) is 16.0. The standard InChI is InChI=1S/C14H12N2S/c1-11(12-6-3-2-4-7-12)17-14-13(10-15)8-5-9-16-14/h2-9,11H,1H3/t11-/m1/s1. The summed E-state index contributed by atoms with van der Waals surface area (Å²) in [5, 5.41) is 10.1. The van der Waals surface area contributed by atoms with Gasteiger partial charge in [0.1, 0.15) is 11.1 Å². The van der Waals surface area contributed by atoms with Gasteiger partial charge in [0.25, 0.3) is 0 Å². The first-order valence-corrected chi connectivity index (χ1v) is 6.26. The Balaban J connectivity index is 2.19. The third kappa shape index (κ3) is 2.86. The molecule has 0 fully saturated rings. The average Bonchev–Trinajstić information content (AvgIpc) is 2.40. The van der Waals surface area contributed by atoms with Gasteiger partial charge in [-0.3, -0.25) is 0 Å². The summed E-state index contributed by atoms with van der Waals surface area (Å²) in [6.45, 7) is 2.12. The number of benzene rings is 1. The van der Waals surface area contributed by atoms with Crippen molar-refractivity contribution >= 4 is 11.8 Å². The molecule has 0 bridgehead atoms. The predicted octanol–water partition coefficient (Wildman–Crippen LogP) is 3.81. The minimum Gasteiger partial charge on any atom is -0.249 e.